The van der Waals surface area contributed by atoms with Crippen molar-refractivity contribution in [3.8, 4) is 0 Å². The molecule has 3 amide bonds. The summed E-state index contributed by atoms with van der Waals surface area (Å²) in [5.41, 5.74) is 0. The average molecular weight is 477 g/mol. The van der Waals surface area contributed by atoms with Crippen LogP contribution in [0.4, 0.5) is 0 Å². The summed E-state index contributed by atoms with van der Waals surface area (Å²) < 4.78 is 0. The maximum absolute atomic E-state index is 13.6. The predicted molar refractivity (Wildman–Crippen MR) is 135 cm³/mol. The molecule has 7 nitrogen and oxygen atoms in total. The third-order valence-electron chi connectivity index (χ3n) is 7.80. The minimum atomic E-state index is -0.364. The van der Waals surface area contributed by atoms with E-state index in [1.54, 1.807) is 0 Å². The number of nitrogens with zero attached hydrogens (tertiary/aromatic N) is 3. The third kappa shape index (κ3) is 7.69. The van der Waals surface area contributed by atoms with E-state index >= 15 is 0 Å². The van der Waals surface area contributed by atoms with Crippen molar-refractivity contribution < 1.29 is 14.4 Å². The Balaban J connectivity index is 1.54. The molecule has 0 aromatic rings. The molecule has 0 bridgehead atoms. The number of piperazine rings is 1. The summed E-state index contributed by atoms with van der Waals surface area (Å²) in [7, 11) is 1.90. The highest BCUT2D eigenvalue weighted by atomic mass is 16.2. The summed E-state index contributed by atoms with van der Waals surface area (Å²) in [6, 6.07) is -0.496. The van der Waals surface area contributed by atoms with Gasteiger partial charge in [0.05, 0.1) is 6.04 Å². The topological polar surface area (TPSA) is 73.0 Å². The van der Waals surface area contributed by atoms with E-state index in [2.05, 4.69) is 33.0 Å². The van der Waals surface area contributed by atoms with Gasteiger partial charge in [-0.1, -0.05) is 40.5 Å². The number of hydrogen-bond donors (Lipinski definition) is 1. The van der Waals surface area contributed by atoms with Crippen LogP contribution in [0.1, 0.15) is 79.1 Å². The average Bonchev–Trinajstić information content (AvgIpc) is 3.61. The first kappa shape index (κ1) is 27.0. The molecule has 3 rings (SSSR count). The highest BCUT2D eigenvalue weighted by Crippen LogP contribution is 2.34. The Morgan fingerprint density at radius 2 is 1.68 bits per heavy atom. The van der Waals surface area contributed by atoms with E-state index in [0.29, 0.717) is 56.1 Å². The lowest BCUT2D eigenvalue weighted by molar-refractivity contribution is -0.150. The van der Waals surface area contributed by atoms with Crippen LogP contribution in [0, 0.1) is 23.7 Å². The molecular formula is C27H48N4O3. The van der Waals surface area contributed by atoms with Gasteiger partial charge >= 0.3 is 0 Å². The van der Waals surface area contributed by atoms with Crippen LogP contribution in [-0.4, -0.2) is 84.3 Å². The Kier molecular flexibility index (Phi) is 9.81. The van der Waals surface area contributed by atoms with Gasteiger partial charge in [0.25, 0.3) is 0 Å². The predicted octanol–water partition coefficient (Wildman–Crippen LogP) is 3.13. The third-order valence-corrected chi connectivity index (χ3v) is 7.80. The Bertz CT molecular complexity index is 698. The quantitative estimate of drug-likeness (QED) is 0.497. The molecule has 1 saturated carbocycles. The largest absolute Gasteiger partial charge is 0.346 e. The zero-order valence-electron chi connectivity index (χ0n) is 22.2. The molecule has 1 N–H and O–H groups in total. The SMILES string of the molecule is CC(C)CCN(C)C(=O)CC1CCN(C(=O)C(CC(C)C)N2CCN[C@@H](CC3CC3)C2=O)CC1. The summed E-state index contributed by atoms with van der Waals surface area (Å²) in [6.07, 6.45) is 7.40. The van der Waals surface area contributed by atoms with E-state index in [1.165, 1.54) is 12.8 Å². The second-order valence-electron chi connectivity index (χ2n) is 11.8. The van der Waals surface area contributed by atoms with Crippen LogP contribution >= 0.6 is 0 Å². The molecule has 1 unspecified atom stereocenters. The summed E-state index contributed by atoms with van der Waals surface area (Å²) in [6.45, 7) is 12.2. The number of piperidine rings is 1. The van der Waals surface area contributed by atoms with Crippen LogP contribution in [0.3, 0.4) is 0 Å². The van der Waals surface area contributed by atoms with Crippen LogP contribution < -0.4 is 5.32 Å². The second kappa shape index (κ2) is 12.4. The van der Waals surface area contributed by atoms with Gasteiger partial charge in [0, 0.05) is 46.2 Å². The fourth-order valence-corrected chi connectivity index (χ4v) is 5.29. The maximum atomic E-state index is 13.6. The van der Waals surface area contributed by atoms with Crippen LogP contribution in [0.2, 0.25) is 0 Å². The van der Waals surface area contributed by atoms with Crippen molar-refractivity contribution in [2.45, 2.75) is 91.1 Å². The van der Waals surface area contributed by atoms with Crippen molar-refractivity contribution in [1.29, 1.82) is 0 Å². The van der Waals surface area contributed by atoms with E-state index in [0.717, 1.165) is 38.8 Å². The zero-order valence-corrected chi connectivity index (χ0v) is 22.2. The van der Waals surface area contributed by atoms with Gasteiger partial charge in [-0.15, -0.1) is 0 Å². The summed E-state index contributed by atoms with van der Waals surface area (Å²) in [5, 5.41) is 3.39. The fraction of sp³-hybridized carbons (Fsp3) is 0.889. The number of nitrogens with one attached hydrogen (secondary N) is 1. The Labute approximate surface area is 207 Å². The molecule has 194 valence electrons. The van der Waals surface area contributed by atoms with Crippen LogP contribution in [0.25, 0.3) is 0 Å². The molecule has 3 aliphatic rings. The normalized spacial score (nSPS) is 23.0. The highest BCUT2D eigenvalue weighted by Gasteiger charge is 2.40. The van der Waals surface area contributed by atoms with Gasteiger partial charge < -0.3 is 20.0 Å². The lowest BCUT2D eigenvalue weighted by atomic mass is 9.91. The lowest BCUT2D eigenvalue weighted by Crippen LogP contribution is -2.62. The molecule has 34 heavy (non-hydrogen) atoms. The minimum absolute atomic E-state index is 0.105. The molecule has 0 radical (unpaired) electrons. The van der Waals surface area contributed by atoms with Gasteiger partial charge in [-0.3, -0.25) is 14.4 Å². The summed E-state index contributed by atoms with van der Waals surface area (Å²) >= 11 is 0. The second-order valence-corrected chi connectivity index (χ2v) is 11.8. The molecule has 0 aromatic heterocycles. The molecule has 2 aliphatic heterocycles. The molecule has 1 aliphatic carbocycles. The van der Waals surface area contributed by atoms with Gasteiger partial charge in [-0.2, -0.15) is 0 Å². The van der Waals surface area contributed by atoms with E-state index < -0.39 is 0 Å². The number of carbonyl (C=O) groups excluding carboxylic acids is 3. The van der Waals surface area contributed by atoms with Crippen molar-refractivity contribution in [1.82, 2.24) is 20.0 Å². The van der Waals surface area contributed by atoms with Crippen LogP contribution in [0.15, 0.2) is 0 Å². The fourth-order valence-electron chi connectivity index (χ4n) is 5.29. The molecule has 2 heterocycles. The van der Waals surface area contributed by atoms with Crippen molar-refractivity contribution >= 4 is 17.7 Å². The van der Waals surface area contributed by atoms with Gasteiger partial charge in [-0.25, -0.2) is 0 Å². The highest BCUT2D eigenvalue weighted by molar-refractivity contribution is 5.90. The van der Waals surface area contributed by atoms with E-state index in [9.17, 15) is 14.4 Å². The Morgan fingerprint density at radius 1 is 1.00 bits per heavy atom. The lowest BCUT2D eigenvalue weighted by Gasteiger charge is -2.42. The first-order valence-corrected chi connectivity index (χ1v) is 13.7. The number of carbonyl (C=O) groups is 3. The monoisotopic (exact) mass is 476 g/mol. The van der Waals surface area contributed by atoms with E-state index in [1.807, 2.05) is 21.7 Å². The van der Waals surface area contributed by atoms with Crippen molar-refractivity contribution in [3.63, 3.8) is 0 Å². The zero-order chi connectivity index (χ0) is 24.8. The number of amides is 3. The number of rotatable bonds is 11. The molecule has 7 heteroatoms. The number of hydrogen-bond acceptors (Lipinski definition) is 4. The molecule has 2 saturated heterocycles. The van der Waals surface area contributed by atoms with Gasteiger partial charge in [0.2, 0.25) is 17.7 Å². The summed E-state index contributed by atoms with van der Waals surface area (Å²) in [4.78, 5) is 45.2. The molecular weight excluding hydrogens is 428 g/mol. The van der Waals surface area contributed by atoms with E-state index in [-0.39, 0.29) is 29.8 Å². The van der Waals surface area contributed by atoms with Gasteiger partial charge in [0.15, 0.2) is 0 Å². The smallest absolute Gasteiger partial charge is 0.245 e. The van der Waals surface area contributed by atoms with Crippen molar-refractivity contribution in [2.75, 3.05) is 39.8 Å². The molecule has 0 spiro atoms. The maximum Gasteiger partial charge on any atom is 0.245 e. The van der Waals surface area contributed by atoms with Crippen LogP contribution in [-0.2, 0) is 14.4 Å². The minimum Gasteiger partial charge on any atom is -0.346 e. The molecule has 2 atom stereocenters. The summed E-state index contributed by atoms with van der Waals surface area (Å²) in [5.74, 6) is 2.38. The first-order valence-electron chi connectivity index (χ1n) is 13.7. The van der Waals surface area contributed by atoms with E-state index in [4.69, 9.17) is 0 Å². The molecule has 3 fully saturated rings. The van der Waals surface area contributed by atoms with Crippen molar-refractivity contribution in [3.05, 3.63) is 0 Å². The number of likely N-dealkylation sites (tertiary alicyclic amines) is 1. The molecule has 0 aromatic carbocycles. The standard InChI is InChI=1S/C27H48N4O3/c1-19(2)8-12-29(5)25(32)18-22-9-13-30(14-10-22)27(34)24(16-20(3)4)31-15-11-28-23(26(31)33)17-21-6-7-21/h19-24,28H,6-18H2,1-5H3/t23-,24?/m0/s1. The first-order chi connectivity index (χ1) is 16.2. The van der Waals surface area contributed by atoms with Crippen molar-refractivity contribution in [2.24, 2.45) is 23.7 Å². The van der Waals surface area contributed by atoms with Crippen LogP contribution in [0.5, 0.6) is 0 Å². The Morgan fingerprint density at radius 3 is 2.26 bits per heavy atom. The Hall–Kier alpha value is -1.63. The van der Waals surface area contributed by atoms with Gasteiger partial charge in [0.1, 0.15) is 6.04 Å². The van der Waals surface area contributed by atoms with Gasteiger partial charge in [-0.05, 0) is 55.8 Å².